The molecule has 4 rings (SSSR count). The minimum atomic E-state index is -0.727. The average molecular weight is 398 g/mol. The number of oxazole rings is 1. The number of amides is 1. The van der Waals surface area contributed by atoms with Gasteiger partial charge in [0.05, 0.1) is 23.6 Å². The van der Waals surface area contributed by atoms with Gasteiger partial charge in [-0.15, -0.1) is 0 Å². The van der Waals surface area contributed by atoms with Gasteiger partial charge in [-0.2, -0.15) is 0 Å². The van der Waals surface area contributed by atoms with Crippen LogP contribution in [0.25, 0.3) is 11.3 Å². The molecule has 2 aromatic heterocycles. The normalized spacial score (nSPS) is 13.7. The van der Waals surface area contributed by atoms with Gasteiger partial charge >= 0.3 is 0 Å². The fourth-order valence-corrected chi connectivity index (χ4v) is 3.31. The van der Waals surface area contributed by atoms with Gasteiger partial charge < -0.3 is 14.6 Å². The zero-order chi connectivity index (χ0) is 20.2. The van der Waals surface area contributed by atoms with E-state index in [4.69, 9.17) is 4.42 Å². The molecule has 1 aliphatic heterocycles. The first-order valence-electron chi connectivity index (χ1n) is 9.50. The number of carbonyl (C=O) groups excluding carboxylic acids is 1. The number of rotatable bonds is 6. The second-order valence-corrected chi connectivity index (χ2v) is 6.86. The van der Waals surface area contributed by atoms with E-state index in [-0.39, 0.29) is 36.0 Å². The molecule has 0 aliphatic carbocycles. The van der Waals surface area contributed by atoms with Crippen LogP contribution in [0.2, 0.25) is 0 Å². The average Bonchev–Trinajstić information content (AvgIpc) is 3.39. The van der Waals surface area contributed by atoms with Crippen LogP contribution >= 0.6 is 0 Å². The molecule has 0 spiro atoms. The third-order valence-electron chi connectivity index (χ3n) is 4.79. The van der Waals surface area contributed by atoms with Gasteiger partial charge in [0.15, 0.2) is 11.7 Å². The Morgan fingerprint density at radius 1 is 1.07 bits per heavy atom. The topological polar surface area (TPSA) is 71.3 Å². The number of benzene rings is 1. The standard InChI is InChI=1S/C21H20F2N4O2/c22-15-4-3-5-16(23)21(15)17-13-25-20(29-17)9-8-19(28)26-14-6-7-18(24-12-14)27-10-1-2-11-27/h3-7,12-13H,1-2,8-11H2,(H,26,28). The van der Waals surface area contributed by atoms with Crippen LogP contribution in [0.1, 0.15) is 25.2 Å². The fraction of sp³-hybridized carbons (Fsp3) is 0.286. The Balaban J connectivity index is 1.32. The lowest BCUT2D eigenvalue weighted by Crippen LogP contribution is -2.19. The van der Waals surface area contributed by atoms with Crippen LogP contribution in [0.5, 0.6) is 0 Å². The molecule has 3 heterocycles. The zero-order valence-electron chi connectivity index (χ0n) is 15.7. The van der Waals surface area contributed by atoms with E-state index in [1.807, 2.05) is 12.1 Å². The van der Waals surface area contributed by atoms with Crippen molar-refractivity contribution in [1.82, 2.24) is 9.97 Å². The highest BCUT2D eigenvalue weighted by Gasteiger charge is 2.17. The number of aromatic nitrogens is 2. The first-order chi connectivity index (χ1) is 14.1. The quantitative estimate of drug-likeness (QED) is 0.674. The van der Waals surface area contributed by atoms with E-state index in [1.165, 1.54) is 25.1 Å². The van der Waals surface area contributed by atoms with Gasteiger partial charge in [-0.05, 0) is 37.1 Å². The smallest absolute Gasteiger partial charge is 0.224 e. The molecule has 0 unspecified atom stereocenters. The minimum absolute atomic E-state index is 0.00212. The van der Waals surface area contributed by atoms with Crippen LogP contribution in [0.3, 0.4) is 0 Å². The summed E-state index contributed by atoms with van der Waals surface area (Å²) in [5.41, 5.74) is 0.347. The van der Waals surface area contributed by atoms with E-state index in [0.29, 0.717) is 5.69 Å². The summed E-state index contributed by atoms with van der Waals surface area (Å²) in [5, 5.41) is 2.78. The van der Waals surface area contributed by atoms with Crippen molar-refractivity contribution in [3.8, 4) is 11.3 Å². The lowest BCUT2D eigenvalue weighted by atomic mass is 10.1. The van der Waals surface area contributed by atoms with Gasteiger partial charge in [0.25, 0.3) is 0 Å². The Bertz CT molecular complexity index is 978. The van der Waals surface area contributed by atoms with Crippen LogP contribution < -0.4 is 10.2 Å². The van der Waals surface area contributed by atoms with E-state index < -0.39 is 11.6 Å². The third-order valence-corrected chi connectivity index (χ3v) is 4.79. The molecule has 150 valence electrons. The Kier molecular flexibility index (Phi) is 5.50. The van der Waals surface area contributed by atoms with Gasteiger partial charge in [0.1, 0.15) is 17.5 Å². The summed E-state index contributed by atoms with van der Waals surface area (Å²) in [5.74, 6) is -0.533. The van der Waals surface area contributed by atoms with Crippen molar-refractivity contribution in [3.63, 3.8) is 0 Å². The number of nitrogens with zero attached hydrogens (tertiary/aromatic N) is 3. The molecule has 0 radical (unpaired) electrons. The predicted octanol–water partition coefficient (Wildman–Crippen LogP) is 4.19. The van der Waals surface area contributed by atoms with Crippen molar-refractivity contribution in [2.75, 3.05) is 23.3 Å². The SMILES string of the molecule is O=C(CCc1ncc(-c2c(F)cccc2F)o1)Nc1ccc(N2CCCC2)nc1. The van der Waals surface area contributed by atoms with Crippen molar-refractivity contribution in [1.29, 1.82) is 0 Å². The number of hydrogen-bond acceptors (Lipinski definition) is 5. The number of aryl methyl sites for hydroxylation is 1. The van der Waals surface area contributed by atoms with Gasteiger partial charge in [-0.1, -0.05) is 6.07 Å². The zero-order valence-corrected chi connectivity index (χ0v) is 15.7. The van der Waals surface area contributed by atoms with Crippen molar-refractivity contribution < 1.29 is 18.0 Å². The molecular weight excluding hydrogens is 378 g/mol. The molecule has 1 saturated heterocycles. The van der Waals surface area contributed by atoms with Gasteiger partial charge in [0.2, 0.25) is 5.91 Å². The summed E-state index contributed by atoms with van der Waals surface area (Å²) in [6.45, 7) is 2.02. The molecular formula is C21H20F2N4O2. The Labute approximate surface area is 166 Å². The molecule has 0 atom stereocenters. The van der Waals surface area contributed by atoms with Gasteiger partial charge in [-0.25, -0.2) is 18.7 Å². The molecule has 1 fully saturated rings. The highest BCUT2D eigenvalue weighted by molar-refractivity contribution is 5.90. The Morgan fingerprint density at radius 2 is 1.83 bits per heavy atom. The van der Waals surface area contributed by atoms with Crippen molar-refractivity contribution in [2.45, 2.75) is 25.7 Å². The first-order valence-corrected chi connectivity index (χ1v) is 9.50. The number of carbonyl (C=O) groups is 1. The summed E-state index contributed by atoms with van der Waals surface area (Å²) in [6.07, 6.45) is 5.57. The maximum atomic E-state index is 13.8. The van der Waals surface area contributed by atoms with E-state index in [1.54, 1.807) is 6.20 Å². The number of pyridine rings is 1. The van der Waals surface area contributed by atoms with Gasteiger partial charge in [-0.3, -0.25) is 4.79 Å². The lowest BCUT2D eigenvalue weighted by Gasteiger charge is -2.16. The van der Waals surface area contributed by atoms with E-state index in [0.717, 1.165) is 31.0 Å². The minimum Gasteiger partial charge on any atom is -0.441 e. The van der Waals surface area contributed by atoms with Crippen molar-refractivity contribution in [2.24, 2.45) is 0 Å². The van der Waals surface area contributed by atoms with E-state index in [2.05, 4.69) is 20.2 Å². The second-order valence-electron chi connectivity index (χ2n) is 6.86. The number of nitrogens with one attached hydrogen (secondary N) is 1. The maximum absolute atomic E-state index is 13.8. The highest BCUT2D eigenvalue weighted by atomic mass is 19.1. The van der Waals surface area contributed by atoms with E-state index in [9.17, 15) is 13.6 Å². The number of hydrogen-bond donors (Lipinski definition) is 1. The third kappa shape index (κ3) is 4.42. The monoisotopic (exact) mass is 398 g/mol. The van der Waals surface area contributed by atoms with E-state index >= 15 is 0 Å². The lowest BCUT2D eigenvalue weighted by molar-refractivity contribution is -0.116. The van der Waals surface area contributed by atoms with Crippen molar-refractivity contribution >= 4 is 17.4 Å². The molecule has 6 nitrogen and oxygen atoms in total. The summed E-state index contributed by atoms with van der Waals surface area (Å²) < 4.78 is 33.1. The van der Waals surface area contributed by atoms with Crippen LogP contribution in [-0.2, 0) is 11.2 Å². The summed E-state index contributed by atoms with van der Waals surface area (Å²) in [6, 6.07) is 7.30. The summed E-state index contributed by atoms with van der Waals surface area (Å²) >= 11 is 0. The molecule has 1 aliphatic rings. The number of halogens is 2. The van der Waals surface area contributed by atoms with Crippen LogP contribution in [-0.4, -0.2) is 29.0 Å². The van der Waals surface area contributed by atoms with Crippen LogP contribution in [0, 0.1) is 11.6 Å². The molecule has 3 aromatic rings. The predicted molar refractivity (Wildman–Crippen MR) is 104 cm³/mol. The summed E-state index contributed by atoms with van der Waals surface area (Å²) in [4.78, 5) is 22.8. The molecule has 1 N–H and O–H groups in total. The molecule has 1 amide bonds. The Hall–Kier alpha value is -3.29. The molecule has 1 aromatic carbocycles. The molecule has 0 bridgehead atoms. The van der Waals surface area contributed by atoms with Gasteiger partial charge in [0, 0.05) is 25.9 Å². The maximum Gasteiger partial charge on any atom is 0.224 e. The van der Waals surface area contributed by atoms with Crippen LogP contribution in [0.4, 0.5) is 20.3 Å². The first kappa shape index (κ1) is 19.0. The fourth-order valence-electron chi connectivity index (χ4n) is 3.31. The number of anilines is 2. The van der Waals surface area contributed by atoms with Crippen LogP contribution in [0.15, 0.2) is 47.1 Å². The second kappa shape index (κ2) is 8.38. The largest absolute Gasteiger partial charge is 0.441 e. The van der Waals surface area contributed by atoms with Crippen molar-refractivity contribution in [3.05, 3.63) is 60.3 Å². The molecule has 29 heavy (non-hydrogen) atoms. The molecule has 8 heteroatoms. The Morgan fingerprint density at radius 3 is 2.52 bits per heavy atom. The highest BCUT2D eigenvalue weighted by Crippen LogP contribution is 2.27. The molecule has 0 saturated carbocycles. The summed E-state index contributed by atoms with van der Waals surface area (Å²) in [7, 11) is 0.